The molecule has 0 aromatic heterocycles. The molecule has 21 heavy (non-hydrogen) atoms. The summed E-state index contributed by atoms with van der Waals surface area (Å²) in [5.74, 6) is -2.11. The van der Waals surface area contributed by atoms with Gasteiger partial charge in [0.25, 0.3) is 0 Å². The first-order valence-electron chi connectivity index (χ1n) is 7.08. The average Bonchev–Trinajstić information content (AvgIpc) is 2.61. The number of nitrogens with zero attached hydrogens (tertiary/aromatic N) is 2. The second-order valence-electron chi connectivity index (χ2n) is 5.27. The normalized spacial score (nSPS) is 17.9. The summed E-state index contributed by atoms with van der Waals surface area (Å²) >= 11 is 0. The number of carboxylic acid groups (broad SMARTS) is 2. The van der Waals surface area contributed by atoms with E-state index in [9.17, 15) is 14.4 Å². The summed E-state index contributed by atoms with van der Waals surface area (Å²) in [5.41, 5.74) is 0. The lowest BCUT2D eigenvalue weighted by Gasteiger charge is -2.23. The molecule has 1 aliphatic rings. The summed E-state index contributed by atoms with van der Waals surface area (Å²) in [5, 5.41) is 20.1. The van der Waals surface area contributed by atoms with Crippen molar-refractivity contribution in [1.82, 2.24) is 15.1 Å². The third-order valence-electron chi connectivity index (χ3n) is 3.49. The van der Waals surface area contributed by atoms with Gasteiger partial charge in [-0.15, -0.1) is 0 Å². The Hall–Kier alpha value is -1.83. The number of amides is 2. The Morgan fingerprint density at radius 2 is 1.86 bits per heavy atom. The van der Waals surface area contributed by atoms with Crippen molar-refractivity contribution in [2.24, 2.45) is 0 Å². The van der Waals surface area contributed by atoms with Crippen LogP contribution < -0.4 is 5.32 Å². The van der Waals surface area contributed by atoms with Crippen LogP contribution in [-0.4, -0.2) is 77.3 Å². The Morgan fingerprint density at radius 3 is 2.48 bits per heavy atom. The molecule has 1 fully saturated rings. The molecule has 1 rings (SSSR count). The molecular weight excluding hydrogens is 278 g/mol. The Morgan fingerprint density at radius 1 is 1.14 bits per heavy atom. The molecule has 8 nitrogen and oxygen atoms in total. The number of carbonyl (C=O) groups excluding carboxylic acids is 1. The van der Waals surface area contributed by atoms with Gasteiger partial charge in [-0.3, -0.25) is 4.79 Å². The third-order valence-corrected chi connectivity index (χ3v) is 3.49. The van der Waals surface area contributed by atoms with Gasteiger partial charge in [-0.2, -0.15) is 0 Å². The second kappa shape index (κ2) is 8.46. The predicted octanol–water partition coefficient (Wildman–Crippen LogP) is 0.0416. The highest BCUT2D eigenvalue weighted by molar-refractivity contribution is 5.82. The standard InChI is InChI=1S/C13H23N3O5/c1-15-6-3-7-16(9-8-15)13(21)14-10(12(19)20)4-2-5-11(17)18/h10H,2-9H2,1H3,(H,14,21)(H,17,18)(H,19,20)/t10-/m1/s1. The van der Waals surface area contributed by atoms with Gasteiger partial charge >= 0.3 is 18.0 Å². The van der Waals surface area contributed by atoms with Crippen molar-refractivity contribution in [3.05, 3.63) is 0 Å². The van der Waals surface area contributed by atoms with E-state index in [1.807, 2.05) is 7.05 Å². The lowest BCUT2D eigenvalue weighted by atomic mass is 10.1. The van der Waals surface area contributed by atoms with E-state index in [1.54, 1.807) is 4.90 Å². The zero-order chi connectivity index (χ0) is 15.8. The van der Waals surface area contributed by atoms with Crippen LogP contribution in [-0.2, 0) is 9.59 Å². The van der Waals surface area contributed by atoms with Gasteiger partial charge in [0.05, 0.1) is 0 Å². The monoisotopic (exact) mass is 301 g/mol. The van der Waals surface area contributed by atoms with Gasteiger partial charge in [0.2, 0.25) is 0 Å². The zero-order valence-electron chi connectivity index (χ0n) is 12.2. The molecule has 8 heteroatoms. The molecule has 1 atom stereocenters. The minimum absolute atomic E-state index is 0.103. The number of aliphatic carboxylic acids is 2. The van der Waals surface area contributed by atoms with Gasteiger partial charge in [-0.25, -0.2) is 9.59 Å². The minimum Gasteiger partial charge on any atom is -0.481 e. The summed E-state index contributed by atoms with van der Waals surface area (Å²) in [7, 11) is 1.98. The summed E-state index contributed by atoms with van der Waals surface area (Å²) in [6, 6.07) is -1.44. The third kappa shape index (κ3) is 6.44. The first-order valence-corrected chi connectivity index (χ1v) is 7.08. The highest BCUT2D eigenvalue weighted by atomic mass is 16.4. The maximum absolute atomic E-state index is 12.1. The van der Waals surface area contributed by atoms with E-state index in [4.69, 9.17) is 10.2 Å². The van der Waals surface area contributed by atoms with Gasteiger partial charge in [-0.05, 0) is 32.9 Å². The number of likely N-dealkylation sites (N-methyl/N-ethyl adjacent to an activating group) is 1. The molecule has 0 aliphatic carbocycles. The van der Waals surface area contributed by atoms with E-state index >= 15 is 0 Å². The number of carboxylic acids is 2. The van der Waals surface area contributed by atoms with Crippen LogP contribution in [0.2, 0.25) is 0 Å². The number of urea groups is 1. The van der Waals surface area contributed by atoms with E-state index < -0.39 is 24.0 Å². The zero-order valence-corrected chi connectivity index (χ0v) is 12.2. The van der Waals surface area contributed by atoms with Gasteiger partial charge in [0.1, 0.15) is 6.04 Å². The number of hydrogen-bond acceptors (Lipinski definition) is 4. The van der Waals surface area contributed by atoms with Crippen molar-refractivity contribution in [2.45, 2.75) is 31.7 Å². The van der Waals surface area contributed by atoms with Crippen LogP contribution in [0.1, 0.15) is 25.7 Å². The molecule has 3 N–H and O–H groups in total. The summed E-state index contributed by atoms with van der Waals surface area (Å²) in [6.07, 6.45) is 1.07. The van der Waals surface area contributed by atoms with Gasteiger partial charge in [0, 0.05) is 26.1 Å². The van der Waals surface area contributed by atoms with Gasteiger partial charge in [0.15, 0.2) is 0 Å². The van der Waals surface area contributed by atoms with Crippen LogP contribution in [0, 0.1) is 0 Å². The van der Waals surface area contributed by atoms with Crippen molar-refractivity contribution in [2.75, 3.05) is 33.2 Å². The molecule has 1 heterocycles. The summed E-state index contributed by atoms with van der Waals surface area (Å²) in [6.45, 7) is 2.82. The molecule has 0 radical (unpaired) electrons. The number of carbonyl (C=O) groups is 3. The van der Waals surface area contributed by atoms with E-state index in [0.29, 0.717) is 13.1 Å². The van der Waals surface area contributed by atoms with E-state index in [2.05, 4.69) is 10.2 Å². The van der Waals surface area contributed by atoms with Crippen molar-refractivity contribution in [3.8, 4) is 0 Å². The van der Waals surface area contributed by atoms with E-state index in [0.717, 1.165) is 19.5 Å². The van der Waals surface area contributed by atoms with Crippen molar-refractivity contribution >= 4 is 18.0 Å². The molecule has 0 spiro atoms. The number of hydrogen-bond donors (Lipinski definition) is 3. The van der Waals surface area contributed by atoms with Crippen LogP contribution in [0.25, 0.3) is 0 Å². The molecule has 0 bridgehead atoms. The lowest BCUT2D eigenvalue weighted by molar-refractivity contribution is -0.140. The van der Waals surface area contributed by atoms with Crippen LogP contribution in [0.4, 0.5) is 4.79 Å². The fraction of sp³-hybridized carbons (Fsp3) is 0.769. The average molecular weight is 301 g/mol. The number of nitrogens with one attached hydrogen (secondary N) is 1. The topological polar surface area (TPSA) is 110 Å². The smallest absolute Gasteiger partial charge is 0.326 e. The van der Waals surface area contributed by atoms with E-state index in [1.165, 1.54) is 0 Å². The molecule has 0 unspecified atom stereocenters. The van der Waals surface area contributed by atoms with Crippen molar-refractivity contribution in [3.63, 3.8) is 0 Å². The fourth-order valence-electron chi connectivity index (χ4n) is 2.20. The molecule has 1 saturated heterocycles. The van der Waals surface area contributed by atoms with E-state index in [-0.39, 0.29) is 19.3 Å². The van der Waals surface area contributed by atoms with Crippen LogP contribution >= 0.6 is 0 Å². The predicted molar refractivity (Wildman–Crippen MR) is 75.1 cm³/mol. The first kappa shape index (κ1) is 17.2. The lowest BCUT2D eigenvalue weighted by Crippen LogP contribution is -2.48. The summed E-state index contributed by atoms with van der Waals surface area (Å²) < 4.78 is 0. The van der Waals surface area contributed by atoms with Crippen LogP contribution in [0.5, 0.6) is 0 Å². The maximum atomic E-state index is 12.1. The largest absolute Gasteiger partial charge is 0.481 e. The quantitative estimate of drug-likeness (QED) is 0.639. The van der Waals surface area contributed by atoms with Crippen molar-refractivity contribution < 1.29 is 24.6 Å². The highest BCUT2D eigenvalue weighted by Gasteiger charge is 2.24. The van der Waals surface area contributed by atoms with Crippen molar-refractivity contribution in [1.29, 1.82) is 0 Å². The Bertz CT molecular complexity index is 388. The number of rotatable bonds is 6. The molecule has 0 aromatic rings. The Labute approximate surface area is 123 Å². The Balaban J connectivity index is 2.47. The van der Waals surface area contributed by atoms with Gasteiger partial charge in [-0.1, -0.05) is 0 Å². The molecule has 0 saturated carbocycles. The Kier molecular flexibility index (Phi) is 6.93. The molecule has 2 amide bonds. The van der Waals surface area contributed by atoms with Gasteiger partial charge < -0.3 is 25.3 Å². The molecule has 0 aromatic carbocycles. The van der Waals surface area contributed by atoms with Crippen LogP contribution in [0.3, 0.4) is 0 Å². The molecule has 1 aliphatic heterocycles. The fourth-order valence-corrected chi connectivity index (χ4v) is 2.20. The second-order valence-corrected chi connectivity index (χ2v) is 5.27. The molecule has 120 valence electrons. The minimum atomic E-state index is -1.14. The summed E-state index contributed by atoms with van der Waals surface area (Å²) in [4.78, 5) is 37.4. The molecular formula is C13H23N3O5. The first-order chi connectivity index (χ1) is 9.90. The maximum Gasteiger partial charge on any atom is 0.326 e. The highest BCUT2D eigenvalue weighted by Crippen LogP contribution is 2.05. The SMILES string of the molecule is CN1CCCN(C(=O)N[C@H](CCCC(=O)O)C(=O)O)CC1. The van der Waals surface area contributed by atoms with Crippen LogP contribution in [0.15, 0.2) is 0 Å².